The predicted octanol–water partition coefficient (Wildman–Crippen LogP) is 4.25. The van der Waals surface area contributed by atoms with Gasteiger partial charge in [0.1, 0.15) is 11.5 Å². The van der Waals surface area contributed by atoms with Crippen molar-refractivity contribution in [2.24, 2.45) is 0 Å². The molecule has 5 aromatic rings. The summed E-state index contributed by atoms with van der Waals surface area (Å²) in [7, 11) is 0. The van der Waals surface area contributed by atoms with E-state index in [0.29, 0.717) is 36.0 Å². The van der Waals surface area contributed by atoms with Gasteiger partial charge >= 0.3 is 0 Å². The molecule has 0 bridgehead atoms. The van der Waals surface area contributed by atoms with Crippen molar-refractivity contribution in [3.05, 3.63) is 95.6 Å². The SMILES string of the molecule is Cc1ccc(-n2nc3c(c2-n2cccc2)CN(C(=O)c2cc(-c4ccc5c(c4)OCO5)n[nH]2)C3)cc1. The Bertz CT molecular complexity index is 1600. The van der Waals surface area contributed by atoms with Crippen LogP contribution in [0.5, 0.6) is 11.5 Å². The number of carbonyl (C=O) groups excluding carboxylic acids is 1. The molecule has 7 rings (SSSR count). The van der Waals surface area contributed by atoms with Crippen LogP contribution in [-0.2, 0) is 13.1 Å². The van der Waals surface area contributed by atoms with E-state index in [-0.39, 0.29) is 12.7 Å². The van der Waals surface area contributed by atoms with E-state index in [0.717, 1.165) is 28.3 Å². The molecule has 178 valence electrons. The van der Waals surface area contributed by atoms with Crippen molar-refractivity contribution in [2.45, 2.75) is 20.0 Å². The number of rotatable bonds is 4. The second kappa shape index (κ2) is 7.88. The maximum absolute atomic E-state index is 13.4. The van der Waals surface area contributed by atoms with Crippen LogP contribution in [0.15, 0.2) is 73.1 Å². The van der Waals surface area contributed by atoms with Crippen molar-refractivity contribution >= 4 is 5.91 Å². The van der Waals surface area contributed by atoms with Gasteiger partial charge in [-0.15, -0.1) is 0 Å². The van der Waals surface area contributed by atoms with Crippen LogP contribution in [0.3, 0.4) is 0 Å². The number of aryl methyl sites for hydroxylation is 1. The Morgan fingerprint density at radius 3 is 2.61 bits per heavy atom. The third-order valence-corrected chi connectivity index (χ3v) is 6.62. The summed E-state index contributed by atoms with van der Waals surface area (Å²) >= 11 is 0. The molecule has 2 aromatic carbocycles. The summed E-state index contributed by atoms with van der Waals surface area (Å²) in [5, 5.41) is 12.2. The number of nitrogens with zero attached hydrogens (tertiary/aromatic N) is 5. The molecule has 0 saturated heterocycles. The minimum absolute atomic E-state index is 0.118. The lowest BCUT2D eigenvalue weighted by Crippen LogP contribution is -2.26. The first-order chi connectivity index (χ1) is 17.6. The standard InChI is InChI=1S/C27H22N6O3/c1-17-4-7-19(8-5-17)33-26(31-10-2-3-11-31)20-14-32(15-23(20)30-33)27(34)22-13-21(28-29-22)18-6-9-24-25(12-18)36-16-35-24/h2-13H,14-16H2,1H3,(H,28,29). The van der Waals surface area contributed by atoms with Gasteiger partial charge in [-0.05, 0) is 55.5 Å². The average Bonchev–Trinajstić information content (AvgIpc) is 3.70. The lowest BCUT2D eigenvalue weighted by molar-refractivity contribution is 0.0743. The number of H-pyrrole nitrogens is 1. The maximum Gasteiger partial charge on any atom is 0.272 e. The number of nitrogens with one attached hydrogen (secondary N) is 1. The second-order valence-corrected chi connectivity index (χ2v) is 8.98. The monoisotopic (exact) mass is 478 g/mol. The van der Waals surface area contributed by atoms with E-state index in [4.69, 9.17) is 14.6 Å². The fourth-order valence-electron chi connectivity index (χ4n) is 4.76. The van der Waals surface area contributed by atoms with Crippen molar-refractivity contribution in [3.63, 3.8) is 0 Å². The van der Waals surface area contributed by atoms with Crippen LogP contribution in [0.2, 0.25) is 0 Å². The Morgan fingerprint density at radius 2 is 1.78 bits per heavy atom. The van der Waals surface area contributed by atoms with Crippen LogP contribution in [0.4, 0.5) is 0 Å². The molecule has 0 unspecified atom stereocenters. The summed E-state index contributed by atoms with van der Waals surface area (Å²) in [6.07, 6.45) is 4.00. The molecule has 0 fully saturated rings. The van der Waals surface area contributed by atoms with Gasteiger partial charge in [-0.1, -0.05) is 17.7 Å². The van der Waals surface area contributed by atoms with Gasteiger partial charge < -0.3 is 18.9 Å². The summed E-state index contributed by atoms with van der Waals surface area (Å²) in [5.41, 5.74) is 6.06. The Kier molecular flexibility index (Phi) is 4.50. The quantitative estimate of drug-likeness (QED) is 0.417. The first-order valence-electron chi connectivity index (χ1n) is 11.7. The summed E-state index contributed by atoms with van der Waals surface area (Å²) in [6, 6.07) is 19.7. The number of ether oxygens (including phenoxy) is 2. The van der Waals surface area contributed by atoms with Gasteiger partial charge in [0, 0.05) is 23.5 Å². The van der Waals surface area contributed by atoms with Gasteiger partial charge in [0.15, 0.2) is 11.5 Å². The Balaban J connectivity index is 1.18. The zero-order chi connectivity index (χ0) is 24.2. The molecule has 0 atom stereocenters. The minimum atomic E-state index is -0.118. The van der Waals surface area contributed by atoms with Crippen molar-refractivity contribution in [1.82, 2.24) is 29.4 Å². The van der Waals surface area contributed by atoms with Crippen LogP contribution in [0, 0.1) is 6.92 Å². The fourth-order valence-corrected chi connectivity index (χ4v) is 4.76. The highest BCUT2D eigenvalue weighted by Gasteiger charge is 2.32. The largest absolute Gasteiger partial charge is 0.454 e. The number of aromatic amines is 1. The van der Waals surface area contributed by atoms with Gasteiger partial charge in [-0.3, -0.25) is 9.89 Å². The molecule has 0 aliphatic carbocycles. The Morgan fingerprint density at radius 1 is 0.972 bits per heavy atom. The van der Waals surface area contributed by atoms with E-state index in [1.54, 1.807) is 11.0 Å². The molecule has 3 aromatic heterocycles. The third-order valence-electron chi connectivity index (χ3n) is 6.62. The number of aromatic nitrogens is 5. The van der Waals surface area contributed by atoms with Crippen LogP contribution in [0.25, 0.3) is 22.8 Å². The normalized spacial score (nSPS) is 13.9. The fraction of sp³-hybridized carbons (Fsp3) is 0.148. The zero-order valence-electron chi connectivity index (χ0n) is 19.5. The highest BCUT2D eigenvalue weighted by Crippen LogP contribution is 2.36. The first-order valence-corrected chi connectivity index (χ1v) is 11.7. The molecule has 2 aliphatic heterocycles. The van der Waals surface area contributed by atoms with E-state index in [1.165, 1.54) is 5.56 Å². The van der Waals surface area contributed by atoms with Crippen LogP contribution < -0.4 is 9.47 Å². The van der Waals surface area contributed by atoms with E-state index < -0.39 is 0 Å². The van der Waals surface area contributed by atoms with Crippen molar-refractivity contribution < 1.29 is 14.3 Å². The highest BCUT2D eigenvalue weighted by molar-refractivity contribution is 5.93. The molecule has 1 amide bonds. The lowest BCUT2D eigenvalue weighted by Gasteiger charge is -2.16. The van der Waals surface area contributed by atoms with E-state index in [1.807, 2.05) is 52.0 Å². The molecule has 0 spiro atoms. The Hall–Kier alpha value is -4.79. The summed E-state index contributed by atoms with van der Waals surface area (Å²) in [4.78, 5) is 15.2. The Labute approximate surface area is 206 Å². The molecular formula is C27H22N6O3. The van der Waals surface area contributed by atoms with E-state index >= 15 is 0 Å². The molecule has 0 radical (unpaired) electrons. The lowest BCUT2D eigenvalue weighted by atomic mass is 10.1. The number of amides is 1. The molecule has 36 heavy (non-hydrogen) atoms. The topological polar surface area (TPSA) is 90.2 Å². The summed E-state index contributed by atoms with van der Waals surface area (Å²) in [5.74, 6) is 2.21. The number of carbonyl (C=O) groups is 1. The number of hydrogen-bond acceptors (Lipinski definition) is 5. The minimum Gasteiger partial charge on any atom is -0.454 e. The van der Waals surface area contributed by atoms with E-state index in [2.05, 4.69) is 41.4 Å². The number of benzene rings is 2. The number of hydrogen-bond donors (Lipinski definition) is 1. The third kappa shape index (κ3) is 3.28. The van der Waals surface area contributed by atoms with Crippen molar-refractivity contribution in [2.75, 3.05) is 6.79 Å². The molecule has 9 heteroatoms. The molecule has 0 saturated carbocycles. The van der Waals surface area contributed by atoms with Crippen molar-refractivity contribution in [3.8, 4) is 34.3 Å². The maximum atomic E-state index is 13.4. The first kappa shape index (κ1) is 20.6. The summed E-state index contributed by atoms with van der Waals surface area (Å²) < 4.78 is 14.9. The zero-order valence-corrected chi connectivity index (χ0v) is 19.5. The van der Waals surface area contributed by atoms with Gasteiger partial charge in [0.05, 0.1) is 30.2 Å². The predicted molar refractivity (Wildman–Crippen MR) is 131 cm³/mol. The number of fused-ring (bicyclic) bond motifs is 2. The molecular weight excluding hydrogens is 456 g/mol. The smallest absolute Gasteiger partial charge is 0.272 e. The van der Waals surface area contributed by atoms with E-state index in [9.17, 15) is 4.79 Å². The second-order valence-electron chi connectivity index (χ2n) is 8.98. The molecule has 2 aliphatic rings. The van der Waals surface area contributed by atoms with Gasteiger partial charge in [0.2, 0.25) is 6.79 Å². The van der Waals surface area contributed by atoms with Crippen LogP contribution in [-0.4, -0.2) is 42.1 Å². The van der Waals surface area contributed by atoms with Crippen molar-refractivity contribution in [1.29, 1.82) is 0 Å². The van der Waals surface area contributed by atoms with Crippen LogP contribution >= 0.6 is 0 Å². The molecule has 9 nitrogen and oxygen atoms in total. The molecule has 5 heterocycles. The average molecular weight is 479 g/mol. The van der Waals surface area contributed by atoms with Gasteiger partial charge in [-0.2, -0.15) is 10.2 Å². The van der Waals surface area contributed by atoms with Gasteiger partial charge in [0.25, 0.3) is 5.91 Å². The summed E-state index contributed by atoms with van der Waals surface area (Å²) in [6.45, 7) is 3.17. The highest BCUT2D eigenvalue weighted by atomic mass is 16.7. The molecule has 1 N–H and O–H groups in total. The van der Waals surface area contributed by atoms with Gasteiger partial charge in [-0.25, -0.2) is 4.68 Å². The van der Waals surface area contributed by atoms with Crippen LogP contribution in [0.1, 0.15) is 27.3 Å².